The van der Waals surface area contributed by atoms with E-state index in [1.807, 2.05) is 69.3 Å². The first-order valence-corrected chi connectivity index (χ1v) is 12.5. The predicted octanol–water partition coefficient (Wildman–Crippen LogP) is 6.43. The Labute approximate surface area is 210 Å². The molecule has 0 N–H and O–H groups in total. The Balaban J connectivity index is 1.69. The SMILES string of the molecule is CCCCCOc1cccc(C2c3c(oc4cc(C)c(C)cc4c3=O)C(=O)N2c2cccc(C)n2)c1. The van der Waals surface area contributed by atoms with E-state index in [1.165, 1.54) is 0 Å². The van der Waals surface area contributed by atoms with Crippen LogP contribution in [0, 0.1) is 20.8 Å². The Morgan fingerprint density at radius 3 is 2.53 bits per heavy atom. The first kappa shape index (κ1) is 23.8. The molecule has 0 saturated carbocycles. The minimum atomic E-state index is -0.678. The van der Waals surface area contributed by atoms with Gasteiger partial charge >= 0.3 is 0 Å². The molecule has 2 aromatic carbocycles. The number of nitrogens with zero attached hydrogens (tertiary/aromatic N) is 2. The maximum Gasteiger partial charge on any atom is 0.296 e. The molecule has 0 saturated heterocycles. The maximum absolute atomic E-state index is 13.9. The van der Waals surface area contributed by atoms with Gasteiger partial charge in [-0.2, -0.15) is 0 Å². The third-order valence-electron chi connectivity index (χ3n) is 6.80. The molecule has 6 nitrogen and oxygen atoms in total. The van der Waals surface area contributed by atoms with Crippen molar-refractivity contribution in [3.05, 3.63) is 98.5 Å². The molecule has 2 aromatic heterocycles. The molecule has 1 aliphatic heterocycles. The quantitative estimate of drug-likeness (QED) is 0.284. The zero-order valence-electron chi connectivity index (χ0n) is 21.1. The van der Waals surface area contributed by atoms with Crippen LogP contribution in [0.1, 0.15) is 70.7 Å². The molecule has 0 aliphatic carbocycles. The van der Waals surface area contributed by atoms with Crippen molar-refractivity contribution in [2.45, 2.75) is 53.0 Å². The van der Waals surface area contributed by atoms with Crippen LogP contribution in [0.3, 0.4) is 0 Å². The van der Waals surface area contributed by atoms with Gasteiger partial charge in [0, 0.05) is 5.69 Å². The van der Waals surface area contributed by atoms with E-state index in [-0.39, 0.29) is 17.1 Å². The van der Waals surface area contributed by atoms with Gasteiger partial charge in [-0.1, -0.05) is 38.0 Å². The molecule has 1 atom stereocenters. The summed E-state index contributed by atoms with van der Waals surface area (Å²) in [7, 11) is 0. The lowest BCUT2D eigenvalue weighted by Crippen LogP contribution is -2.30. The van der Waals surface area contributed by atoms with E-state index in [9.17, 15) is 9.59 Å². The van der Waals surface area contributed by atoms with E-state index >= 15 is 0 Å². The van der Waals surface area contributed by atoms with Crippen LogP contribution in [-0.2, 0) is 0 Å². The van der Waals surface area contributed by atoms with Crippen LogP contribution in [0.2, 0.25) is 0 Å². The molecule has 4 aromatic rings. The number of carbonyl (C=O) groups excluding carboxylic acids is 1. The fourth-order valence-corrected chi connectivity index (χ4v) is 4.76. The Hall–Kier alpha value is -3.93. The summed E-state index contributed by atoms with van der Waals surface area (Å²) in [4.78, 5) is 33.9. The van der Waals surface area contributed by atoms with E-state index in [1.54, 1.807) is 11.0 Å². The molecule has 1 amide bonds. The van der Waals surface area contributed by atoms with Gasteiger partial charge in [0.25, 0.3) is 5.91 Å². The largest absolute Gasteiger partial charge is 0.494 e. The second kappa shape index (κ2) is 9.61. The van der Waals surface area contributed by atoms with Crippen LogP contribution in [0.5, 0.6) is 5.75 Å². The minimum Gasteiger partial charge on any atom is -0.494 e. The standard InChI is InChI=1S/C30H30N2O4/c1-5-6-7-14-35-22-12-9-11-21(17-22)27-26-28(33)23-15-18(2)19(3)16-24(23)36-29(26)30(34)32(27)25-13-8-10-20(4)31-25/h8-13,15-17,27H,5-7,14H2,1-4H3. The number of amides is 1. The van der Waals surface area contributed by atoms with Crippen molar-refractivity contribution < 1.29 is 13.9 Å². The second-order valence-electron chi connectivity index (χ2n) is 9.45. The van der Waals surface area contributed by atoms with Crippen molar-refractivity contribution in [1.82, 2.24) is 4.98 Å². The Kier molecular flexibility index (Phi) is 6.35. The molecule has 0 spiro atoms. The summed E-state index contributed by atoms with van der Waals surface area (Å²) in [6.07, 6.45) is 3.19. The lowest BCUT2D eigenvalue weighted by atomic mass is 9.97. The fourth-order valence-electron chi connectivity index (χ4n) is 4.76. The van der Waals surface area contributed by atoms with Gasteiger partial charge < -0.3 is 9.15 Å². The number of pyridine rings is 1. The number of hydrogen-bond acceptors (Lipinski definition) is 5. The molecule has 0 bridgehead atoms. The third kappa shape index (κ3) is 4.17. The first-order chi connectivity index (χ1) is 17.4. The van der Waals surface area contributed by atoms with Crippen LogP contribution < -0.4 is 15.1 Å². The summed E-state index contributed by atoms with van der Waals surface area (Å²) in [5, 5.41) is 0.473. The number of unbranched alkanes of at least 4 members (excludes halogenated alkanes) is 2. The highest BCUT2D eigenvalue weighted by atomic mass is 16.5. The number of rotatable bonds is 7. The fraction of sp³-hybridized carbons (Fsp3) is 0.300. The van der Waals surface area contributed by atoms with E-state index < -0.39 is 6.04 Å². The van der Waals surface area contributed by atoms with Gasteiger partial charge in [0.2, 0.25) is 5.76 Å². The monoisotopic (exact) mass is 482 g/mol. The van der Waals surface area contributed by atoms with Crippen LogP contribution >= 0.6 is 0 Å². The van der Waals surface area contributed by atoms with Gasteiger partial charge in [0.1, 0.15) is 17.2 Å². The van der Waals surface area contributed by atoms with Crippen LogP contribution in [0.25, 0.3) is 11.0 Å². The van der Waals surface area contributed by atoms with Gasteiger partial charge in [-0.05, 0) is 80.3 Å². The third-order valence-corrected chi connectivity index (χ3v) is 6.80. The highest BCUT2D eigenvalue weighted by Crippen LogP contribution is 2.41. The summed E-state index contributed by atoms with van der Waals surface area (Å²) in [5.41, 5.74) is 4.10. The molecule has 3 heterocycles. The number of ether oxygens (including phenoxy) is 1. The molecule has 1 aliphatic rings. The second-order valence-corrected chi connectivity index (χ2v) is 9.45. The summed E-state index contributed by atoms with van der Waals surface area (Å²) in [5.74, 6) is 0.873. The number of anilines is 1. The molecule has 6 heteroatoms. The molecule has 0 radical (unpaired) electrons. The Morgan fingerprint density at radius 2 is 1.75 bits per heavy atom. The minimum absolute atomic E-state index is 0.0679. The molecule has 1 unspecified atom stereocenters. The smallest absolute Gasteiger partial charge is 0.296 e. The summed E-state index contributed by atoms with van der Waals surface area (Å²) >= 11 is 0. The molecular weight excluding hydrogens is 452 g/mol. The normalized spacial score (nSPS) is 14.9. The van der Waals surface area contributed by atoms with Crippen LogP contribution in [0.15, 0.2) is 63.8 Å². The Bertz CT molecular complexity index is 1520. The maximum atomic E-state index is 13.9. The van der Waals surface area contributed by atoms with Crippen molar-refractivity contribution in [1.29, 1.82) is 0 Å². The summed E-state index contributed by atoms with van der Waals surface area (Å²) in [6.45, 7) is 8.57. The van der Waals surface area contributed by atoms with Crippen LogP contribution in [-0.4, -0.2) is 17.5 Å². The predicted molar refractivity (Wildman–Crippen MR) is 141 cm³/mol. The summed E-state index contributed by atoms with van der Waals surface area (Å²) < 4.78 is 12.1. The topological polar surface area (TPSA) is 72.6 Å². The number of benzene rings is 2. The van der Waals surface area contributed by atoms with E-state index in [0.717, 1.165) is 41.6 Å². The van der Waals surface area contributed by atoms with Gasteiger partial charge in [0.05, 0.1) is 23.6 Å². The number of aromatic nitrogens is 1. The number of carbonyl (C=O) groups is 1. The lowest BCUT2D eigenvalue weighted by molar-refractivity contribution is 0.0970. The van der Waals surface area contributed by atoms with Crippen molar-refractivity contribution in [3.8, 4) is 5.75 Å². The van der Waals surface area contributed by atoms with Crippen LogP contribution in [0.4, 0.5) is 5.82 Å². The molecule has 184 valence electrons. The highest BCUT2D eigenvalue weighted by molar-refractivity contribution is 6.10. The Morgan fingerprint density at radius 1 is 0.972 bits per heavy atom. The number of hydrogen-bond donors (Lipinski definition) is 0. The van der Waals surface area contributed by atoms with E-state index in [4.69, 9.17) is 9.15 Å². The molecule has 5 rings (SSSR count). The molecule has 0 fully saturated rings. The number of fused-ring (bicyclic) bond motifs is 2. The van der Waals surface area contributed by atoms with Crippen molar-refractivity contribution >= 4 is 22.7 Å². The van der Waals surface area contributed by atoms with Gasteiger partial charge in [-0.25, -0.2) is 4.98 Å². The first-order valence-electron chi connectivity index (χ1n) is 12.5. The van der Waals surface area contributed by atoms with Crippen molar-refractivity contribution in [2.24, 2.45) is 0 Å². The van der Waals surface area contributed by atoms with E-state index in [2.05, 4.69) is 11.9 Å². The van der Waals surface area contributed by atoms with Gasteiger partial charge in [-0.3, -0.25) is 14.5 Å². The summed E-state index contributed by atoms with van der Waals surface area (Å²) in [6, 6.07) is 16.1. The van der Waals surface area contributed by atoms with Gasteiger partial charge in [-0.15, -0.1) is 0 Å². The molecular formula is C30H30N2O4. The highest BCUT2D eigenvalue weighted by Gasteiger charge is 2.44. The molecule has 36 heavy (non-hydrogen) atoms. The lowest BCUT2D eigenvalue weighted by Gasteiger charge is -2.24. The average Bonchev–Trinajstić information content (AvgIpc) is 3.16. The number of aryl methyl sites for hydroxylation is 3. The van der Waals surface area contributed by atoms with Crippen molar-refractivity contribution in [2.75, 3.05) is 11.5 Å². The zero-order chi connectivity index (χ0) is 25.4. The van der Waals surface area contributed by atoms with E-state index in [0.29, 0.717) is 34.7 Å². The average molecular weight is 483 g/mol. The van der Waals surface area contributed by atoms with Crippen molar-refractivity contribution in [3.63, 3.8) is 0 Å². The van der Waals surface area contributed by atoms with Gasteiger partial charge in [0.15, 0.2) is 5.43 Å². The zero-order valence-corrected chi connectivity index (χ0v) is 21.1.